The molecule has 0 unspecified atom stereocenters. The Hall–Kier alpha value is -1.23. The van der Waals surface area contributed by atoms with Crippen LogP contribution in [0.4, 0.5) is 4.79 Å². The van der Waals surface area contributed by atoms with E-state index in [-0.39, 0.29) is 0 Å². The summed E-state index contributed by atoms with van der Waals surface area (Å²) in [4.78, 5) is 11.6. The molecule has 1 N–H and O–H groups in total. The molecule has 19 heavy (non-hydrogen) atoms. The van der Waals surface area contributed by atoms with Crippen molar-refractivity contribution in [3.05, 3.63) is 29.3 Å². The number of carbonyl (C=O) groups excluding carboxylic acids is 1. The summed E-state index contributed by atoms with van der Waals surface area (Å²) in [6.45, 7) is 5.87. The standard InChI is InChI=1S/C14H20BrNO3/c1-14(2,3)19-13(17)16-9-11-7-10(8-15)5-6-12(11)18-4/h5-7H,8-9H2,1-4H3,(H,16,17). The van der Waals surface area contributed by atoms with E-state index in [0.717, 1.165) is 22.2 Å². The zero-order valence-corrected chi connectivity index (χ0v) is 13.3. The maximum atomic E-state index is 11.6. The fourth-order valence-electron chi connectivity index (χ4n) is 1.53. The zero-order valence-electron chi connectivity index (χ0n) is 11.7. The van der Waals surface area contributed by atoms with Crippen LogP contribution in [0.3, 0.4) is 0 Å². The highest BCUT2D eigenvalue weighted by molar-refractivity contribution is 9.08. The van der Waals surface area contributed by atoms with Crippen molar-refractivity contribution in [1.82, 2.24) is 5.32 Å². The van der Waals surface area contributed by atoms with E-state index >= 15 is 0 Å². The number of benzene rings is 1. The first kappa shape index (κ1) is 15.8. The molecule has 0 fully saturated rings. The number of hydrogen-bond acceptors (Lipinski definition) is 3. The van der Waals surface area contributed by atoms with Gasteiger partial charge in [-0.3, -0.25) is 0 Å². The Morgan fingerprint density at radius 1 is 1.37 bits per heavy atom. The fraction of sp³-hybridized carbons (Fsp3) is 0.500. The third kappa shape index (κ3) is 5.51. The molecule has 0 aromatic heterocycles. The van der Waals surface area contributed by atoms with Crippen molar-refractivity contribution in [2.24, 2.45) is 0 Å². The molecule has 1 aromatic rings. The lowest BCUT2D eigenvalue weighted by Crippen LogP contribution is -2.32. The van der Waals surface area contributed by atoms with Crippen LogP contribution >= 0.6 is 15.9 Å². The predicted molar refractivity (Wildman–Crippen MR) is 78.7 cm³/mol. The molecule has 0 aliphatic carbocycles. The molecule has 0 saturated heterocycles. The van der Waals surface area contributed by atoms with Gasteiger partial charge in [0.2, 0.25) is 0 Å². The van der Waals surface area contributed by atoms with Crippen molar-refractivity contribution in [2.75, 3.05) is 7.11 Å². The smallest absolute Gasteiger partial charge is 0.407 e. The van der Waals surface area contributed by atoms with E-state index in [9.17, 15) is 4.79 Å². The molecular formula is C14H20BrNO3. The summed E-state index contributed by atoms with van der Waals surface area (Å²) in [7, 11) is 1.61. The third-order valence-corrected chi connectivity index (χ3v) is 2.97. The van der Waals surface area contributed by atoms with Crippen LogP contribution in [-0.4, -0.2) is 18.8 Å². The van der Waals surface area contributed by atoms with E-state index in [4.69, 9.17) is 9.47 Å². The minimum atomic E-state index is -0.494. The van der Waals surface area contributed by atoms with Crippen LogP contribution in [0.5, 0.6) is 5.75 Å². The topological polar surface area (TPSA) is 47.6 Å². The molecule has 1 aromatic carbocycles. The predicted octanol–water partition coefficient (Wildman–Crippen LogP) is 3.61. The minimum Gasteiger partial charge on any atom is -0.496 e. The number of alkyl halides is 1. The van der Waals surface area contributed by atoms with E-state index in [2.05, 4.69) is 21.2 Å². The summed E-state index contributed by atoms with van der Waals surface area (Å²) in [6.07, 6.45) is -0.432. The second-order valence-electron chi connectivity index (χ2n) is 5.14. The maximum absolute atomic E-state index is 11.6. The summed E-state index contributed by atoms with van der Waals surface area (Å²) in [5, 5.41) is 3.49. The highest BCUT2D eigenvalue weighted by atomic mass is 79.9. The van der Waals surface area contributed by atoms with Crippen LogP contribution in [0.15, 0.2) is 18.2 Å². The molecule has 0 bridgehead atoms. The van der Waals surface area contributed by atoms with Gasteiger partial charge in [0, 0.05) is 17.4 Å². The lowest BCUT2D eigenvalue weighted by Gasteiger charge is -2.20. The molecular weight excluding hydrogens is 310 g/mol. The number of alkyl carbamates (subject to hydrolysis) is 1. The fourth-order valence-corrected chi connectivity index (χ4v) is 1.88. The second-order valence-corrected chi connectivity index (χ2v) is 5.70. The Balaban J connectivity index is 2.68. The molecule has 0 aliphatic heterocycles. The van der Waals surface area contributed by atoms with Gasteiger partial charge in [-0.1, -0.05) is 22.0 Å². The van der Waals surface area contributed by atoms with Crippen LogP contribution < -0.4 is 10.1 Å². The number of amides is 1. The summed E-state index contributed by atoms with van der Waals surface area (Å²) in [5.74, 6) is 0.751. The zero-order chi connectivity index (χ0) is 14.5. The van der Waals surface area contributed by atoms with Crippen LogP contribution in [0, 0.1) is 0 Å². The molecule has 0 spiro atoms. The van der Waals surface area contributed by atoms with Gasteiger partial charge in [0.25, 0.3) is 0 Å². The Bertz CT molecular complexity index is 441. The van der Waals surface area contributed by atoms with Gasteiger partial charge in [-0.15, -0.1) is 0 Å². The summed E-state index contributed by atoms with van der Waals surface area (Å²) < 4.78 is 10.5. The van der Waals surface area contributed by atoms with Crippen molar-refractivity contribution in [3.63, 3.8) is 0 Å². The first-order valence-electron chi connectivity index (χ1n) is 6.04. The van der Waals surface area contributed by atoms with Crippen molar-refractivity contribution in [3.8, 4) is 5.75 Å². The number of nitrogens with one attached hydrogen (secondary N) is 1. The lowest BCUT2D eigenvalue weighted by molar-refractivity contribution is 0.0523. The van der Waals surface area contributed by atoms with E-state index in [1.54, 1.807) is 7.11 Å². The number of ether oxygens (including phenoxy) is 2. The van der Waals surface area contributed by atoms with Crippen molar-refractivity contribution >= 4 is 22.0 Å². The van der Waals surface area contributed by atoms with E-state index in [0.29, 0.717) is 6.54 Å². The van der Waals surface area contributed by atoms with Gasteiger partial charge in [-0.25, -0.2) is 4.79 Å². The monoisotopic (exact) mass is 329 g/mol. The number of halogens is 1. The Labute approximate surface area is 122 Å². The summed E-state index contributed by atoms with van der Waals surface area (Å²) >= 11 is 3.41. The maximum Gasteiger partial charge on any atom is 0.407 e. The molecule has 1 amide bonds. The van der Waals surface area contributed by atoms with E-state index in [1.807, 2.05) is 39.0 Å². The first-order valence-corrected chi connectivity index (χ1v) is 7.16. The lowest BCUT2D eigenvalue weighted by atomic mass is 10.1. The molecule has 1 rings (SSSR count). The number of methoxy groups -OCH3 is 1. The number of hydrogen-bond donors (Lipinski definition) is 1. The van der Waals surface area contributed by atoms with Crippen molar-refractivity contribution in [2.45, 2.75) is 38.2 Å². The van der Waals surface area contributed by atoms with E-state index < -0.39 is 11.7 Å². The summed E-state index contributed by atoms with van der Waals surface area (Å²) in [5.41, 5.74) is 1.55. The Morgan fingerprint density at radius 2 is 2.05 bits per heavy atom. The molecule has 0 atom stereocenters. The van der Waals surface area contributed by atoms with Gasteiger partial charge in [0.1, 0.15) is 11.4 Å². The average Bonchev–Trinajstić information content (AvgIpc) is 2.33. The molecule has 5 heteroatoms. The number of rotatable bonds is 4. The second kappa shape index (κ2) is 6.80. The van der Waals surface area contributed by atoms with Gasteiger partial charge < -0.3 is 14.8 Å². The molecule has 4 nitrogen and oxygen atoms in total. The highest BCUT2D eigenvalue weighted by Crippen LogP contribution is 2.21. The van der Waals surface area contributed by atoms with Gasteiger partial charge in [-0.05, 0) is 38.5 Å². The third-order valence-electron chi connectivity index (χ3n) is 2.32. The van der Waals surface area contributed by atoms with Crippen molar-refractivity contribution in [1.29, 1.82) is 0 Å². The quantitative estimate of drug-likeness (QED) is 0.858. The van der Waals surface area contributed by atoms with Gasteiger partial charge in [0.15, 0.2) is 0 Å². The molecule has 0 heterocycles. The highest BCUT2D eigenvalue weighted by Gasteiger charge is 2.16. The van der Waals surface area contributed by atoms with Crippen LogP contribution in [0.25, 0.3) is 0 Å². The van der Waals surface area contributed by atoms with Gasteiger partial charge in [-0.2, -0.15) is 0 Å². The minimum absolute atomic E-state index is 0.374. The van der Waals surface area contributed by atoms with Crippen LogP contribution in [0.1, 0.15) is 31.9 Å². The van der Waals surface area contributed by atoms with Gasteiger partial charge in [0.05, 0.1) is 7.11 Å². The normalized spacial score (nSPS) is 11.0. The van der Waals surface area contributed by atoms with Crippen LogP contribution in [-0.2, 0) is 16.6 Å². The molecule has 106 valence electrons. The van der Waals surface area contributed by atoms with Crippen molar-refractivity contribution < 1.29 is 14.3 Å². The van der Waals surface area contributed by atoms with Gasteiger partial charge >= 0.3 is 6.09 Å². The Kier molecular flexibility index (Phi) is 5.66. The molecule has 0 radical (unpaired) electrons. The SMILES string of the molecule is COc1ccc(CBr)cc1CNC(=O)OC(C)(C)C. The Morgan fingerprint density at radius 3 is 2.58 bits per heavy atom. The molecule has 0 saturated carbocycles. The molecule has 0 aliphatic rings. The first-order chi connectivity index (χ1) is 8.85. The van der Waals surface area contributed by atoms with E-state index in [1.165, 1.54) is 0 Å². The van der Waals surface area contributed by atoms with Crippen LogP contribution in [0.2, 0.25) is 0 Å². The average molecular weight is 330 g/mol. The largest absolute Gasteiger partial charge is 0.496 e. The number of carbonyl (C=O) groups is 1. The summed E-state index contributed by atoms with van der Waals surface area (Å²) in [6, 6.07) is 5.86.